The smallest absolute Gasteiger partial charge is 0.228 e. The average Bonchev–Trinajstić information content (AvgIpc) is 2.56. The zero-order chi connectivity index (χ0) is 15.8. The summed E-state index contributed by atoms with van der Waals surface area (Å²) in [6, 6.07) is 0.706. The Hall–Kier alpha value is -0.650. The third-order valence-corrected chi connectivity index (χ3v) is 5.37. The lowest BCUT2D eigenvalue weighted by Crippen LogP contribution is -2.52. The van der Waals surface area contributed by atoms with Crippen molar-refractivity contribution in [2.75, 3.05) is 46.4 Å². The van der Waals surface area contributed by atoms with Crippen molar-refractivity contribution in [1.82, 2.24) is 15.5 Å². The molecule has 0 aromatic heterocycles. The number of hydrogen-bond donors (Lipinski definition) is 2. The molecule has 0 aromatic carbocycles. The Kier molecular flexibility index (Phi) is 7.12. The summed E-state index contributed by atoms with van der Waals surface area (Å²) in [4.78, 5) is 15.2. The van der Waals surface area contributed by atoms with E-state index in [-0.39, 0.29) is 11.3 Å². The van der Waals surface area contributed by atoms with E-state index in [0.717, 1.165) is 39.0 Å². The summed E-state index contributed by atoms with van der Waals surface area (Å²) in [7, 11) is 1.69. The number of piperidine rings is 2. The van der Waals surface area contributed by atoms with Crippen molar-refractivity contribution < 1.29 is 9.53 Å². The van der Waals surface area contributed by atoms with E-state index in [2.05, 4.69) is 22.5 Å². The van der Waals surface area contributed by atoms with Crippen molar-refractivity contribution in [1.29, 1.82) is 0 Å². The molecule has 5 heteroatoms. The zero-order valence-electron chi connectivity index (χ0n) is 14.3. The molecule has 0 aliphatic carbocycles. The summed E-state index contributed by atoms with van der Waals surface area (Å²) in [6.07, 6.45) is 6.91. The van der Waals surface area contributed by atoms with E-state index >= 15 is 0 Å². The predicted molar refractivity (Wildman–Crippen MR) is 88.9 cm³/mol. The molecule has 128 valence electrons. The topological polar surface area (TPSA) is 53.6 Å². The number of likely N-dealkylation sites (tertiary alicyclic amines) is 1. The molecule has 1 amide bonds. The lowest BCUT2D eigenvalue weighted by atomic mass is 9.78. The van der Waals surface area contributed by atoms with E-state index in [1.54, 1.807) is 7.11 Å². The monoisotopic (exact) mass is 311 g/mol. The van der Waals surface area contributed by atoms with Crippen LogP contribution < -0.4 is 10.6 Å². The Morgan fingerprint density at radius 3 is 2.82 bits per heavy atom. The summed E-state index contributed by atoms with van der Waals surface area (Å²) in [6.45, 7) is 7.52. The number of hydrogen-bond acceptors (Lipinski definition) is 4. The molecule has 22 heavy (non-hydrogen) atoms. The first-order valence-corrected chi connectivity index (χ1v) is 8.94. The molecule has 0 saturated carbocycles. The SMILES string of the molecule is CCC1CCCCN1CCNC(=O)C1(COC)CCNCC1. The van der Waals surface area contributed by atoms with Crippen LogP contribution in [0.3, 0.4) is 0 Å². The number of nitrogens with zero attached hydrogens (tertiary/aromatic N) is 1. The van der Waals surface area contributed by atoms with Gasteiger partial charge in [0, 0.05) is 26.2 Å². The largest absolute Gasteiger partial charge is 0.384 e. The highest BCUT2D eigenvalue weighted by Gasteiger charge is 2.39. The molecule has 0 spiro atoms. The maximum absolute atomic E-state index is 12.7. The minimum absolute atomic E-state index is 0.181. The van der Waals surface area contributed by atoms with Gasteiger partial charge < -0.3 is 15.4 Å². The fourth-order valence-corrected chi connectivity index (χ4v) is 3.94. The summed E-state index contributed by atoms with van der Waals surface area (Å²) in [5.41, 5.74) is -0.327. The second-order valence-electron chi connectivity index (χ2n) is 6.81. The van der Waals surface area contributed by atoms with Crippen molar-refractivity contribution in [3.05, 3.63) is 0 Å². The fraction of sp³-hybridized carbons (Fsp3) is 0.941. The molecular weight excluding hydrogens is 278 g/mol. The number of carbonyl (C=O) groups is 1. The Morgan fingerprint density at radius 2 is 2.14 bits per heavy atom. The normalized spacial score (nSPS) is 25.8. The molecule has 2 saturated heterocycles. The molecule has 0 aromatic rings. The third kappa shape index (κ3) is 4.43. The molecule has 2 aliphatic heterocycles. The highest BCUT2D eigenvalue weighted by Crippen LogP contribution is 2.29. The summed E-state index contributed by atoms with van der Waals surface area (Å²) >= 11 is 0. The van der Waals surface area contributed by atoms with Crippen molar-refractivity contribution in [3.8, 4) is 0 Å². The van der Waals surface area contributed by atoms with E-state index < -0.39 is 0 Å². The van der Waals surface area contributed by atoms with Gasteiger partial charge >= 0.3 is 0 Å². The van der Waals surface area contributed by atoms with Crippen LogP contribution in [0.5, 0.6) is 0 Å². The summed E-state index contributed by atoms with van der Waals surface area (Å²) in [5, 5.41) is 6.51. The molecule has 2 heterocycles. The van der Waals surface area contributed by atoms with Gasteiger partial charge in [0.05, 0.1) is 12.0 Å². The molecule has 2 rings (SSSR count). The molecule has 2 fully saturated rings. The van der Waals surface area contributed by atoms with Gasteiger partial charge in [-0.2, -0.15) is 0 Å². The van der Waals surface area contributed by atoms with E-state index in [0.29, 0.717) is 12.6 Å². The molecule has 2 aliphatic rings. The molecular formula is C17H33N3O2. The number of methoxy groups -OCH3 is 1. The molecule has 0 radical (unpaired) electrons. The van der Waals surface area contributed by atoms with Crippen LogP contribution in [0.15, 0.2) is 0 Å². The second kappa shape index (κ2) is 8.85. The number of amides is 1. The minimum atomic E-state index is -0.327. The Labute approximate surface area is 135 Å². The lowest BCUT2D eigenvalue weighted by Gasteiger charge is -2.37. The number of rotatable bonds is 7. The summed E-state index contributed by atoms with van der Waals surface area (Å²) < 4.78 is 5.34. The Morgan fingerprint density at radius 1 is 1.36 bits per heavy atom. The van der Waals surface area contributed by atoms with Gasteiger partial charge in [0.1, 0.15) is 0 Å². The van der Waals surface area contributed by atoms with Gasteiger partial charge in [-0.3, -0.25) is 9.69 Å². The van der Waals surface area contributed by atoms with Gasteiger partial charge in [0.25, 0.3) is 0 Å². The first-order valence-electron chi connectivity index (χ1n) is 8.94. The second-order valence-corrected chi connectivity index (χ2v) is 6.81. The highest BCUT2D eigenvalue weighted by atomic mass is 16.5. The number of nitrogens with one attached hydrogen (secondary N) is 2. The molecule has 0 bridgehead atoms. The van der Waals surface area contributed by atoms with Crippen molar-refractivity contribution >= 4 is 5.91 Å². The number of carbonyl (C=O) groups excluding carboxylic acids is 1. The fourth-order valence-electron chi connectivity index (χ4n) is 3.94. The van der Waals surface area contributed by atoms with Crippen LogP contribution in [0, 0.1) is 5.41 Å². The van der Waals surface area contributed by atoms with Gasteiger partial charge in [-0.25, -0.2) is 0 Å². The van der Waals surface area contributed by atoms with Crippen LogP contribution in [0.2, 0.25) is 0 Å². The Balaban J connectivity index is 1.80. The highest BCUT2D eigenvalue weighted by molar-refractivity contribution is 5.83. The Bertz CT molecular complexity index is 337. The van der Waals surface area contributed by atoms with E-state index in [4.69, 9.17) is 4.74 Å². The molecule has 1 atom stereocenters. The van der Waals surface area contributed by atoms with Crippen LogP contribution in [0.25, 0.3) is 0 Å². The summed E-state index contributed by atoms with van der Waals surface area (Å²) in [5.74, 6) is 0.181. The van der Waals surface area contributed by atoms with Crippen LogP contribution in [0.1, 0.15) is 45.4 Å². The van der Waals surface area contributed by atoms with Gasteiger partial charge in [-0.1, -0.05) is 13.3 Å². The van der Waals surface area contributed by atoms with Gasteiger partial charge in [0.2, 0.25) is 5.91 Å². The maximum atomic E-state index is 12.7. The first-order chi connectivity index (χ1) is 10.7. The van der Waals surface area contributed by atoms with Crippen LogP contribution in [-0.4, -0.2) is 63.3 Å². The van der Waals surface area contributed by atoms with Crippen LogP contribution in [-0.2, 0) is 9.53 Å². The lowest BCUT2D eigenvalue weighted by molar-refractivity contribution is -0.136. The standard InChI is InChI=1S/C17H33N3O2/c1-3-15-6-4-5-12-20(15)13-11-19-16(21)17(14-22-2)7-9-18-10-8-17/h15,18H,3-14H2,1-2H3,(H,19,21). The van der Waals surface area contributed by atoms with E-state index in [1.165, 1.54) is 32.2 Å². The molecule has 5 nitrogen and oxygen atoms in total. The van der Waals surface area contributed by atoms with Gasteiger partial charge in [-0.15, -0.1) is 0 Å². The van der Waals surface area contributed by atoms with Gasteiger partial charge in [0.15, 0.2) is 0 Å². The van der Waals surface area contributed by atoms with Gasteiger partial charge in [-0.05, 0) is 51.7 Å². The zero-order valence-corrected chi connectivity index (χ0v) is 14.3. The van der Waals surface area contributed by atoms with E-state index in [1.807, 2.05) is 0 Å². The first kappa shape index (κ1) is 17.7. The third-order valence-electron chi connectivity index (χ3n) is 5.37. The van der Waals surface area contributed by atoms with Crippen LogP contribution >= 0.6 is 0 Å². The van der Waals surface area contributed by atoms with Crippen molar-refractivity contribution in [2.45, 2.75) is 51.5 Å². The minimum Gasteiger partial charge on any atom is -0.384 e. The van der Waals surface area contributed by atoms with Crippen LogP contribution in [0.4, 0.5) is 0 Å². The van der Waals surface area contributed by atoms with E-state index in [9.17, 15) is 4.79 Å². The maximum Gasteiger partial charge on any atom is 0.228 e. The van der Waals surface area contributed by atoms with Crippen molar-refractivity contribution in [3.63, 3.8) is 0 Å². The van der Waals surface area contributed by atoms with Crippen molar-refractivity contribution in [2.24, 2.45) is 5.41 Å². The predicted octanol–water partition coefficient (Wildman–Crippen LogP) is 1.38. The number of ether oxygens (including phenoxy) is 1. The molecule has 2 N–H and O–H groups in total. The average molecular weight is 311 g/mol. The quantitative estimate of drug-likeness (QED) is 0.746. The molecule has 1 unspecified atom stereocenters.